The SMILES string of the molecule is C\C=C(C)/C=C(C)\C=N\CCCC#Cc1ccc(-c2ccccc2)cc1. The van der Waals surface area contributed by atoms with Crippen molar-refractivity contribution in [3.63, 3.8) is 0 Å². The maximum Gasteiger partial charge on any atom is 0.0398 e. The van der Waals surface area contributed by atoms with Crippen molar-refractivity contribution in [3.8, 4) is 23.0 Å². The van der Waals surface area contributed by atoms with Crippen molar-refractivity contribution in [2.75, 3.05) is 6.54 Å². The van der Waals surface area contributed by atoms with Crippen LogP contribution in [-0.2, 0) is 0 Å². The van der Waals surface area contributed by atoms with Gasteiger partial charge < -0.3 is 0 Å². The van der Waals surface area contributed by atoms with Crippen molar-refractivity contribution in [3.05, 3.63) is 83.5 Å². The molecule has 0 spiro atoms. The number of rotatable bonds is 6. The summed E-state index contributed by atoms with van der Waals surface area (Å²) >= 11 is 0. The van der Waals surface area contributed by atoms with Crippen LogP contribution < -0.4 is 0 Å². The van der Waals surface area contributed by atoms with Gasteiger partial charge in [0.15, 0.2) is 0 Å². The molecular formula is C25H27N. The molecule has 0 saturated carbocycles. The minimum absolute atomic E-state index is 0.821. The van der Waals surface area contributed by atoms with E-state index < -0.39 is 0 Å². The largest absolute Gasteiger partial charge is 0.293 e. The number of nitrogens with zero attached hydrogens (tertiary/aromatic N) is 1. The predicted octanol–water partition coefficient (Wildman–Crippen LogP) is 6.47. The Morgan fingerprint density at radius 2 is 1.62 bits per heavy atom. The van der Waals surface area contributed by atoms with Gasteiger partial charge in [0.25, 0.3) is 0 Å². The zero-order valence-electron chi connectivity index (χ0n) is 16.0. The molecule has 1 heteroatoms. The summed E-state index contributed by atoms with van der Waals surface area (Å²) in [6.45, 7) is 7.04. The standard InChI is InChI=1S/C25H27N/c1-4-21(2)19-22(3)20-26-18-10-6-7-11-23-14-16-25(17-15-23)24-12-8-5-9-13-24/h4-5,8-9,12-17,19-20H,6,10,18H2,1-3H3/b21-4-,22-19-,26-20+. The van der Waals surface area contributed by atoms with E-state index in [4.69, 9.17) is 0 Å². The Hall–Kier alpha value is -2.85. The normalized spacial score (nSPS) is 12.1. The van der Waals surface area contributed by atoms with Gasteiger partial charge in [-0.3, -0.25) is 4.99 Å². The summed E-state index contributed by atoms with van der Waals surface area (Å²) in [5.74, 6) is 6.48. The molecule has 0 aliphatic carbocycles. The molecule has 2 rings (SSSR count). The van der Waals surface area contributed by atoms with E-state index in [1.165, 1.54) is 22.3 Å². The lowest BCUT2D eigenvalue weighted by atomic mass is 10.0. The lowest BCUT2D eigenvalue weighted by Gasteiger charge is -2.00. The first-order valence-electron chi connectivity index (χ1n) is 9.14. The summed E-state index contributed by atoms with van der Waals surface area (Å²) in [6, 6.07) is 18.8. The third kappa shape index (κ3) is 6.95. The maximum absolute atomic E-state index is 4.46. The molecule has 132 valence electrons. The molecule has 0 unspecified atom stereocenters. The van der Waals surface area contributed by atoms with Gasteiger partial charge in [0.05, 0.1) is 0 Å². The molecule has 0 aliphatic rings. The Morgan fingerprint density at radius 3 is 2.31 bits per heavy atom. The summed E-state index contributed by atoms with van der Waals surface area (Å²) in [5, 5.41) is 0. The average molecular weight is 341 g/mol. The fraction of sp³-hybridized carbons (Fsp3) is 0.240. The van der Waals surface area contributed by atoms with Crippen LogP contribution in [0.5, 0.6) is 0 Å². The highest BCUT2D eigenvalue weighted by Gasteiger charge is 1.95. The van der Waals surface area contributed by atoms with Crippen molar-refractivity contribution in [1.29, 1.82) is 0 Å². The van der Waals surface area contributed by atoms with Crippen LogP contribution in [0.4, 0.5) is 0 Å². The van der Waals surface area contributed by atoms with Gasteiger partial charge in [0.1, 0.15) is 0 Å². The average Bonchev–Trinajstić information content (AvgIpc) is 2.68. The second kappa shape index (κ2) is 10.9. The summed E-state index contributed by atoms with van der Waals surface area (Å²) < 4.78 is 0. The highest BCUT2D eigenvalue weighted by Crippen LogP contribution is 2.18. The van der Waals surface area contributed by atoms with Gasteiger partial charge >= 0.3 is 0 Å². The molecule has 2 aromatic carbocycles. The van der Waals surface area contributed by atoms with Gasteiger partial charge in [0.2, 0.25) is 0 Å². The Kier molecular flexibility index (Phi) is 8.16. The third-order valence-electron chi connectivity index (χ3n) is 4.02. The van der Waals surface area contributed by atoms with Crippen LogP contribution in [0.3, 0.4) is 0 Å². The molecule has 0 aliphatic heterocycles. The molecule has 0 radical (unpaired) electrons. The van der Waals surface area contributed by atoms with Crippen molar-refractivity contribution < 1.29 is 0 Å². The van der Waals surface area contributed by atoms with Crippen molar-refractivity contribution in [1.82, 2.24) is 0 Å². The van der Waals surface area contributed by atoms with E-state index in [1.54, 1.807) is 0 Å². The number of benzene rings is 2. The molecule has 0 fully saturated rings. The number of aliphatic imine (C=N–C) groups is 1. The monoisotopic (exact) mass is 341 g/mol. The highest BCUT2D eigenvalue weighted by molar-refractivity contribution is 5.78. The smallest absolute Gasteiger partial charge is 0.0398 e. The molecule has 2 aromatic rings. The lowest BCUT2D eigenvalue weighted by Crippen LogP contribution is -1.84. The van der Waals surface area contributed by atoms with E-state index in [1.807, 2.05) is 19.2 Å². The Morgan fingerprint density at radius 1 is 0.923 bits per heavy atom. The van der Waals surface area contributed by atoms with Crippen LogP contribution in [0, 0.1) is 11.8 Å². The Labute approximate surface area is 158 Å². The molecule has 26 heavy (non-hydrogen) atoms. The van der Waals surface area contributed by atoms with Crippen molar-refractivity contribution >= 4 is 6.21 Å². The van der Waals surface area contributed by atoms with E-state index in [-0.39, 0.29) is 0 Å². The minimum Gasteiger partial charge on any atom is -0.293 e. The molecular weight excluding hydrogens is 314 g/mol. The molecule has 0 saturated heterocycles. The summed E-state index contributed by atoms with van der Waals surface area (Å²) in [6.07, 6.45) is 8.04. The van der Waals surface area contributed by atoms with E-state index in [0.29, 0.717) is 0 Å². The van der Waals surface area contributed by atoms with E-state index >= 15 is 0 Å². The first-order chi connectivity index (χ1) is 12.7. The lowest BCUT2D eigenvalue weighted by molar-refractivity contribution is 0.873. The second-order valence-corrected chi connectivity index (χ2v) is 6.31. The van der Waals surface area contributed by atoms with Gasteiger partial charge in [-0.2, -0.15) is 0 Å². The summed E-state index contributed by atoms with van der Waals surface area (Å²) in [4.78, 5) is 4.46. The second-order valence-electron chi connectivity index (χ2n) is 6.31. The maximum atomic E-state index is 4.46. The van der Waals surface area contributed by atoms with E-state index in [9.17, 15) is 0 Å². The minimum atomic E-state index is 0.821. The zero-order chi connectivity index (χ0) is 18.6. The van der Waals surface area contributed by atoms with Gasteiger partial charge in [-0.1, -0.05) is 72.0 Å². The van der Waals surface area contributed by atoms with Gasteiger partial charge in [0, 0.05) is 24.7 Å². The molecule has 0 aromatic heterocycles. The third-order valence-corrected chi connectivity index (χ3v) is 4.02. The molecule has 0 atom stereocenters. The van der Waals surface area contributed by atoms with Crippen molar-refractivity contribution in [2.45, 2.75) is 33.6 Å². The van der Waals surface area contributed by atoms with E-state index in [0.717, 1.165) is 24.9 Å². The van der Waals surface area contributed by atoms with Crippen LogP contribution in [-0.4, -0.2) is 12.8 Å². The number of unbranched alkanes of at least 4 members (excludes halogenated alkanes) is 1. The fourth-order valence-corrected chi connectivity index (χ4v) is 2.49. The molecule has 1 nitrogen and oxygen atoms in total. The summed E-state index contributed by atoms with van der Waals surface area (Å²) in [5.41, 5.74) is 5.97. The molecule has 0 N–H and O–H groups in total. The number of hydrogen-bond acceptors (Lipinski definition) is 1. The number of allylic oxidation sites excluding steroid dienone is 4. The van der Waals surface area contributed by atoms with Crippen LogP contribution in [0.25, 0.3) is 11.1 Å². The summed E-state index contributed by atoms with van der Waals surface area (Å²) in [7, 11) is 0. The predicted molar refractivity (Wildman–Crippen MR) is 115 cm³/mol. The van der Waals surface area contributed by atoms with Crippen molar-refractivity contribution in [2.24, 2.45) is 4.99 Å². The molecule has 0 bridgehead atoms. The van der Waals surface area contributed by atoms with E-state index in [2.05, 4.69) is 91.4 Å². The highest BCUT2D eigenvalue weighted by atomic mass is 14.7. The fourth-order valence-electron chi connectivity index (χ4n) is 2.49. The topological polar surface area (TPSA) is 12.4 Å². The Balaban J connectivity index is 1.77. The first kappa shape index (κ1) is 19.5. The van der Waals surface area contributed by atoms with Crippen LogP contribution in [0.15, 0.2) is 82.9 Å². The quantitative estimate of drug-likeness (QED) is 0.247. The van der Waals surface area contributed by atoms with Gasteiger partial charge in [-0.15, -0.1) is 0 Å². The van der Waals surface area contributed by atoms with Crippen LogP contribution in [0.2, 0.25) is 0 Å². The molecule has 0 heterocycles. The van der Waals surface area contributed by atoms with Gasteiger partial charge in [-0.05, 0) is 56.0 Å². The first-order valence-corrected chi connectivity index (χ1v) is 9.14. The number of hydrogen-bond donors (Lipinski definition) is 0. The van der Waals surface area contributed by atoms with Gasteiger partial charge in [-0.25, -0.2) is 0 Å². The Bertz CT molecular complexity index is 825. The van der Waals surface area contributed by atoms with Crippen LogP contribution in [0.1, 0.15) is 39.2 Å². The van der Waals surface area contributed by atoms with Crippen LogP contribution >= 0.6 is 0 Å². The molecule has 0 amide bonds. The zero-order valence-corrected chi connectivity index (χ0v) is 16.0.